The van der Waals surface area contributed by atoms with E-state index in [0.29, 0.717) is 5.75 Å². The van der Waals surface area contributed by atoms with Gasteiger partial charge in [-0.05, 0) is 50.2 Å². The fourth-order valence-electron chi connectivity index (χ4n) is 3.23. The molecule has 0 saturated carbocycles. The zero-order valence-electron chi connectivity index (χ0n) is 14.3. The Morgan fingerprint density at radius 3 is 2.60 bits per heavy atom. The van der Waals surface area contributed by atoms with Crippen molar-refractivity contribution in [2.24, 2.45) is 0 Å². The average Bonchev–Trinajstić information content (AvgIpc) is 3.17. The van der Waals surface area contributed by atoms with E-state index in [1.54, 1.807) is 30.5 Å². The van der Waals surface area contributed by atoms with E-state index < -0.39 is 10.0 Å². The van der Waals surface area contributed by atoms with Gasteiger partial charge in [-0.2, -0.15) is 0 Å². The predicted octanol–water partition coefficient (Wildman–Crippen LogP) is 2.79. The van der Waals surface area contributed by atoms with Crippen LogP contribution in [0.5, 0.6) is 5.75 Å². The third kappa shape index (κ3) is 4.23. The monoisotopic (exact) mass is 364 g/mol. The van der Waals surface area contributed by atoms with Crippen LogP contribution in [0.2, 0.25) is 0 Å². The van der Waals surface area contributed by atoms with Crippen LogP contribution in [0.15, 0.2) is 52.0 Å². The Labute approximate surface area is 148 Å². The number of hydrogen-bond acceptors (Lipinski definition) is 5. The highest BCUT2D eigenvalue weighted by molar-refractivity contribution is 7.89. The Bertz CT molecular complexity index is 768. The third-order valence-electron chi connectivity index (χ3n) is 4.53. The minimum Gasteiger partial charge on any atom is -0.495 e. The molecule has 2 heterocycles. The zero-order chi connectivity index (χ0) is 17.7. The minimum absolute atomic E-state index is 0.111. The summed E-state index contributed by atoms with van der Waals surface area (Å²) in [7, 11) is -2.21. The molecule has 6 nitrogen and oxygen atoms in total. The van der Waals surface area contributed by atoms with Crippen LogP contribution >= 0.6 is 0 Å². The van der Waals surface area contributed by atoms with Gasteiger partial charge in [-0.25, -0.2) is 13.1 Å². The molecule has 1 N–H and O–H groups in total. The highest BCUT2D eigenvalue weighted by Gasteiger charge is 2.27. The zero-order valence-corrected chi connectivity index (χ0v) is 15.2. The van der Waals surface area contributed by atoms with Crippen LogP contribution in [0.3, 0.4) is 0 Å². The molecule has 0 radical (unpaired) electrons. The second kappa shape index (κ2) is 8.03. The Morgan fingerprint density at radius 1 is 1.16 bits per heavy atom. The van der Waals surface area contributed by atoms with Crippen molar-refractivity contribution in [3.63, 3.8) is 0 Å². The van der Waals surface area contributed by atoms with Crippen molar-refractivity contribution in [3.8, 4) is 5.75 Å². The van der Waals surface area contributed by atoms with Gasteiger partial charge >= 0.3 is 0 Å². The summed E-state index contributed by atoms with van der Waals surface area (Å²) in [5, 5.41) is 0. The molecule has 1 saturated heterocycles. The number of hydrogen-bond donors (Lipinski definition) is 1. The molecule has 136 valence electrons. The quantitative estimate of drug-likeness (QED) is 0.818. The van der Waals surface area contributed by atoms with Gasteiger partial charge < -0.3 is 9.15 Å². The largest absolute Gasteiger partial charge is 0.495 e. The van der Waals surface area contributed by atoms with Crippen LogP contribution in [0, 0.1) is 0 Å². The molecule has 0 spiro atoms. The van der Waals surface area contributed by atoms with E-state index in [1.165, 1.54) is 13.5 Å². The summed E-state index contributed by atoms with van der Waals surface area (Å²) < 4.78 is 38.9. The van der Waals surface area contributed by atoms with Crippen LogP contribution in [0.25, 0.3) is 0 Å². The Kier molecular flexibility index (Phi) is 5.78. The van der Waals surface area contributed by atoms with Gasteiger partial charge in [0.25, 0.3) is 0 Å². The summed E-state index contributed by atoms with van der Waals surface area (Å²) in [6.45, 7) is 2.15. The molecule has 3 rings (SSSR count). The van der Waals surface area contributed by atoms with Crippen LogP contribution in [0.4, 0.5) is 0 Å². The van der Waals surface area contributed by atoms with E-state index in [1.807, 2.05) is 12.1 Å². The molecule has 1 aromatic heterocycles. The third-order valence-corrected chi connectivity index (χ3v) is 5.99. The number of piperidine rings is 1. The molecular weight excluding hydrogens is 340 g/mol. The summed E-state index contributed by atoms with van der Waals surface area (Å²) in [5.41, 5.74) is 0. The number of furan rings is 1. The van der Waals surface area contributed by atoms with Crippen LogP contribution in [0.1, 0.15) is 31.1 Å². The number of sulfonamides is 1. The van der Waals surface area contributed by atoms with E-state index in [2.05, 4.69) is 9.62 Å². The first-order chi connectivity index (χ1) is 12.1. The van der Waals surface area contributed by atoms with Gasteiger partial charge in [0, 0.05) is 6.54 Å². The Balaban J connectivity index is 1.78. The maximum Gasteiger partial charge on any atom is 0.244 e. The number of rotatable bonds is 7. The maximum atomic E-state index is 12.7. The van der Waals surface area contributed by atoms with Crippen molar-refractivity contribution in [2.75, 3.05) is 26.7 Å². The van der Waals surface area contributed by atoms with E-state index in [-0.39, 0.29) is 17.5 Å². The van der Waals surface area contributed by atoms with Crippen molar-refractivity contribution in [2.45, 2.75) is 30.2 Å². The smallest absolute Gasteiger partial charge is 0.244 e. The van der Waals surface area contributed by atoms with Gasteiger partial charge in [0.2, 0.25) is 10.0 Å². The lowest BCUT2D eigenvalue weighted by Crippen LogP contribution is -2.40. The first-order valence-corrected chi connectivity index (χ1v) is 10.0. The fraction of sp³-hybridized carbons (Fsp3) is 0.444. The molecule has 0 unspecified atom stereocenters. The first kappa shape index (κ1) is 18.0. The molecule has 1 atom stereocenters. The number of likely N-dealkylation sites (tertiary alicyclic amines) is 1. The number of methoxy groups -OCH3 is 1. The summed E-state index contributed by atoms with van der Waals surface area (Å²) in [6, 6.07) is 10.2. The summed E-state index contributed by atoms with van der Waals surface area (Å²) >= 11 is 0. The number of para-hydroxylation sites is 1. The highest BCUT2D eigenvalue weighted by atomic mass is 32.2. The van der Waals surface area contributed by atoms with E-state index >= 15 is 0 Å². The highest BCUT2D eigenvalue weighted by Crippen LogP contribution is 2.26. The standard InChI is InChI=1S/C18H24N2O4S/c1-23-17-8-3-4-10-18(17)25(21,22)19-14-15(16-9-7-13-24-16)20-11-5-2-6-12-20/h3-4,7-10,13,15,19H,2,5-6,11-12,14H2,1H3/t15-/m1/s1. The Morgan fingerprint density at radius 2 is 1.92 bits per heavy atom. The van der Waals surface area contributed by atoms with Crippen molar-refractivity contribution in [1.29, 1.82) is 0 Å². The lowest BCUT2D eigenvalue weighted by atomic mass is 10.1. The molecule has 0 bridgehead atoms. The molecule has 2 aromatic rings. The minimum atomic E-state index is -3.67. The number of ether oxygens (including phenoxy) is 1. The maximum absolute atomic E-state index is 12.7. The van der Waals surface area contributed by atoms with E-state index in [4.69, 9.17) is 9.15 Å². The molecule has 25 heavy (non-hydrogen) atoms. The number of nitrogens with one attached hydrogen (secondary N) is 1. The molecule has 7 heteroatoms. The van der Waals surface area contributed by atoms with Gasteiger partial charge in [-0.15, -0.1) is 0 Å². The molecular formula is C18H24N2O4S. The topological polar surface area (TPSA) is 71.8 Å². The fourth-order valence-corrected chi connectivity index (χ4v) is 4.43. The van der Waals surface area contributed by atoms with Gasteiger partial charge in [0.05, 0.1) is 19.4 Å². The predicted molar refractivity (Wildman–Crippen MR) is 95.1 cm³/mol. The molecule has 0 aliphatic carbocycles. The molecule has 1 aliphatic rings. The normalized spacial score (nSPS) is 17.3. The second-order valence-electron chi connectivity index (χ2n) is 6.13. The van der Waals surface area contributed by atoms with E-state index in [9.17, 15) is 8.42 Å². The molecule has 1 fully saturated rings. The van der Waals surface area contributed by atoms with Crippen molar-refractivity contribution < 1.29 is 17.6 Å². The van der Waals surface area contributed by atoms with Crippen LogP contribution in [-0.4, -0.2) is 40.1 Å². The van der Waals surface area contributed by atoms with Crippen molar-refractivity contribution in [3.05, 3.63) is 48.4 Å². The summed E-state index contributed by atoms with van der Waals surface area (Å²) in [5.74, 6) is 1.12. The molecule has 1 aliphatic heterocycles. The number of benzene rings is 1. The van der Waals surface area contributed by atoms with Crippen LogP contribution in [-0.2, 0) is 10.0 Å². The Hall–Kier alpha value is -1.83. The lowest BCUT2D eigenvalue weighted by molar-refractivity contribution is 0.147. The SMILES string of the molecule is COc1ccccc1S(=O)(=O)NC[C@H](c1ccco1)N1CCCCC1. The summed E-state index contributed by atoms with van der Waals surface area (Å²) in [6.07, 6.45) is 5.09. The summed E-state index contributed by atoms with van der Waals surface area (Å²) in [4.78, 5) is 2.43. The molecule has 1 aromatic carbocycles. The van der Waals surface area contributed by atoms with Gasteiger partial charge in [0.1, 0.15) is 16.4 Å². The molecule has 0 amide bonds. The van der Waals surface area contributed by atoms with Crippen LogP contribution < -0.4 is 9.46 Å². The van der Waals surface area contributed by atoms with E-state index in [0.717, 1.165) is 31.7 Å². The van der Waals surface area contributed by atoms with Crippen molar-refractivity contribution >= 4 is 10.0 Å². The van der Waals surface area contributed by atoms with Crippen molar-refractivity contribution in [1.82, 2.24) is 9.62 Å². The van der Waals surface area contributed by atoms with Gasteiger partial charge in [0.15, 0.2) is 0 Å². The number of nitrogens with zero attached hydrogens (tertiary/aromatic N) is 1. The first-order valence-electron chi connectivity index (χ1n) is 8.52. The second-order valence-corrected chi connectivity index (χ2v) is 7.87. The lowest BCUT2D eigenvalue weighted by Gasteiger charge is -2.33. The van der Waals surface area contributed by atoms with Gasteiger partial charge in [-0.1, -0.05) is 18.6 Å². The van der Waals surface area contributed by atoms with Gasteiger partial charge in [-0.3, -0.25) is 4.90 Å². The average molecular weight is 364 g/mol.